The Labute approximate surface area is 223 Å². The normalized spacial score (nSPS) is 14.0. The van der Waals surface area contributed by atoms with Crippen molar-refractivity contribution >= 4 is 17.9 Å². The Morgan fingerprint density at radius 2 is 1.65 bits per heavy atom. The van der Waals surface area contributed by atoms with Crippen LogP contribution in [0.25, 0.3) is 0 Å². The number of carbonyl (C=O) groups excluding carboxylic acids is 3. The summed E-state index contributed by atoms with van der Waals surface area (Å²) in [6.07, 6.45) is 4.85. The quantitative estimate of drug-likeness (QED) is 0.273. The van der Waals surface area contributed by atoms with Gasteiger partial charge in [-0.15, -0.1) is 0 Å². The molecule has 0 fully saturated rings. The molecule has 1 rings (SSSR count). The molecule has 0 aliphatic rings. The minimum absolute atomic E-state index is 0.0144. The average Bonchev–Trinajstić information content (AvgIpc) is 2.79. The number of nitrogens with zero attached hydrogens (tertiary/aromatic N) is 1. The number of phenols is 1. The van der Waals surface area contributed by atoms with Gasteiger partial charge in [-0.2, -0.15) is 0 Å². The summed E-state index contributed by atoms with van der Waals surface area (Å²) in [4.78, 5) is 41.9. The maximum atomic E-state index is 14.2. The zero-order valence-corrected chi connectivity index (χ0v) is 24.1. The fraction of sp³-hybridized carbons (Fsp3) is 0.690. The van der Waals surface area contributed by atoms with Crippen LogP contribution in [-0.2, 0) is 14.3 Å². The number of aromatic hydroxyl groups is 1. The Balaban J connectivity index is 3.47. The first-order valence-corrected chi connectivity index (χ1v) is 13.7. The molecule has 0 aromatic heterocycles. The van der Waals surface area contributed by atoms with Crippen molar-refractivity contribution in [2.75, 3.05) is 6.54 Å². The standard InChI is InChI=1S/C29H49N3O5/c1-9-11-12-13-14-18-32(25(26(34)30-20(3)4)22-16-15-17-23(33)19-22)27(35)24(21(5)10-2)31-28(36)37-29(6,7)8/h15-17,19-21,24-25,33H,9-14,18H2,1-8H3,(H,30,34)(H,31,36). The van der Waals surface area contributed by atoms with Crippen LogP contribution in [0.4, 0.5) is 4.79 Å². The number of nitrogens with one attached hydrogen (secondary N) is 2. The lowest BCUT2D eigenvalue weighted by Crippen LogP contribution is -2.55. The van der Waals surface area contributed by atoms with Crippen molar-refractivity contribution < 1.29 is 24.2 Å². The van der Waals surface area contributed by atoms with E-state index in [1.54, 1.807) is 37.8 Å². The number of ether oxygens (including phenoxy) is 1. The highest BCUT2D eigenvalue weighted by Crippen LogP contribution is 2.27. The highest BCUT2D eigenvalue weighted by Gasteiger charge is 2.38. The molecule has 8 nitrogen and oxygen atoms in total. The number of carbonyl (C=O) groups is 3. The maximum absolute atomic E-state index is 14.2. The second-order valence-electron chi connectivity index (χ2n) is 11.1. The largest absolute Gasteiger partial charge is 0.508 e. The van der Waals surface area contributed by atoms with Crippen molar-refractivity contribution in [3.63, 3.8) is 0 Å². The molecule has 0 heterocycles. The Kier molecular flexibility index (Phi) is 13.5. The van der Waals surface area contributed by atoms with Crippen molar-refractivity contribution in [2.45, 2.75) is 118 Å². The molecule has 0 saturated carbocycles. The highest BCUT2D eigenvalue weighted by atomic mass is 16.6. The van der Waals surface area contributed by atoms with Crippen LogP contribution < -0.4 is 10.6 Å². The third kappa shape index (κ3) is 11.4. The first-order chi connectivity index (χ1) is 17.3. The molecule has 3 N–H and O–H groups in total. The van der Waals surface area contributed by atoms with E-state index in [0.29, 0.717) is 18.5 Å². The van der Waals surface area contributed by atoms with Crippen molar-refractivity contribution in [1.29, 1.82) is 0 Å². The minimum Gasteiger partial charge on any atom is -0.508 e. The van der Waals surface area contributed by atoms with E-state index in [2.05, 4.69) is 17.6 Å². The first-order valence-electron chi connectivity index (χ1n) is 13.7. The third-order valence-electron chi connectivity index (χ3n) is 6.11. The summed E-state index contributed by atoms with van der Waals surface area (Å²) in [7, 11) is 0. The predicted molar refractivity (Wildman–Crippen MR) is 147 cm³/mol. The van der Waals surface area contributed by atoms with Gasteiger partial charge in [0.15, 0.2) is 0 Å². The minimum atomic E-state index is -0.958. The molecule has 0 saturated heterocycles. The van der Waals surface area contributed by atoms with Crippen LogP contribution in [0.5, 0.6) is 5.75 Å². The smallest absolute Gasteiger partial charge is 0.408 e. The molecular weight excluding hydrogens is 470 g/mol. The monoisotopic (exact) mass is 519 g/mol. The SMILES string of the molecule is CCCCCCCN(C(=O)C(NC(=O)OC(C)(C)C)C(C)CC)C(C(=O)NC(C)C)c1cccc(O)c1. The zero-order chi connectivity index (χ0) is 28.2. The molecule has 0 aliphatic heterocycles. The molecule has 3 atom stereocenters. The van der Waals surface area contributed by atoms with E-state index in [9.17, 15) is 19.5 Å². The molecule has 0 aliphatic carbocycles. The molecule has 1 aromatic carbocycles. The number of alkyl carbamates (subject to hydrolysis) is 1. The molecule has 0 bridgehead atoms. The van der Waals surface area contributed by atoms with Gasteiger partial charge in [0, 0.05) is 12.6 Å². The topological polar surface area (TPSA) is 108 Å². The summed E-state index contributed by atoms with van der Waals surface area (Å²) >= 11 is 0. The molecule has 210 valence electrons. The molecule has 1 aromatic rings. The summed E-state index contributed by atoms with van der Waals surface area (Å²) in [5.41, 5.74) is -0.201. The van der Waals surface area contributed by atoms with Crippen molar-refractivity contribution in [2.24, 2.45) is 5.92 Å². The molecule has 0 spiro atoms. The van der Waals surface area contributed by atoms with E-state index in [-0.39, 0.29) is 29.5 Å². The zero-order valence-electron chi connectivity index (χ0n) is 24.1. The van der Waals surface area contributed by atoms with Crippen LogP contribution in [0.3, 0.4) is 0 Å². The Hall–Kier alpha value is -2.77. The molecule has 3 unspecified atom stereocenters. The average molecular weight is 520 g/mol. The summed E-state index contributed by atoms with van der Waals surface area (Å²) in [5.74, 6) is -0.855. The van der Waals surface area contributed by atoms with Crippen LogP contribution in [0, 0.1) is 5.92 Å². The second kappa shape index (κ2) is 15.5. The molecule has 3 amide bonds. The number of rotatable bonds is 14. The van der Waals surface area contributed by atoms with E-state index in [4.69, 9.17) is 4.74 Å². The lowest BCUT2D eigenvalue weighted by atomic mass is 9.95. The van der Waals surface area contributed by atoms with Crippen molar-refractivity contribution in [1.82, 2.24) is 15.5 Å². The number of unbranched alkanes of at least 4 members (excludes halogenated alkanes) is 4. The van der Waals surface area contributed by atoms with Crippen LogP contribution in [0.1, 0.15) is 106 Å². The van der Waals surface area contributed by atoms with Gasteiger partial charge in [-0.25, -0.2) is 4.79 Å². The van der Waals surface area contributed by atoms with Gasteiger partial charge in [-0.1, -0.05) is 65.0 Å². The van der Waals surface area contributed by atoms with Gasteiger partial charge in [-0.05, 0) is 64.7 Å². The molecule has 37 heavy (non-hydrogen) atoms. The van der Waals surface area contributed by atoms with Gasteiger partial charge in [-0.3, -0.25) is 9.59 Å². The number of amides is 3. The molecular formula is C29H49N3O5. The van der Waals surface area contributed by atoms with Gasteiger partial charge >= 0.3 is 6.09 Å². The number of hydrogen-bond donors (Lipinski definition) is 3. The fourth-order valence-corrected chi connectivity index (χ4v) is 4.08. The van der Waals surface area contributed by atoms with Crippen molar-refractivity contribution in [3.05, 3.63) is 29.8 Å². The van der Waals surface area contributed by atoms with Gasteiger partial charge < -0.3 is 25.4 Å². The van der Waals surface area contributed by atoms with E-state index in [0.717, 1.165) is 32.1 Å². The first kappa shape index (κ1) is 32.3. The predicted octanol–water partition coefficient (Wildman–Crippen LogP) is 5.70. The maximum Gasteiger partial charge on any atom is 0.408 e. The number of phenolic OH excluding ortho intramolecular Hbond substituents is 1. The fourth-order valence-electron chi connectivity index (χ4n) is 4.08. The number of benzene rings is 1. The van der Waals surface area contributed by atoms with Crippen LogP contribution >= 0.6 is 0 Å². The summed E-state index contributed by atoms with van der Waals surface area (Å²) in [5, 5.41) is 15.9. The summed E-state index contributed by atoms with van der Waals surface area (Å²) in [6, 6.07) is 4.48. The van der Waals surface area contributed by atoms with Gasteiger partial charge in [0.1, 0.15) is 23.4 Å². The Bertz CT molecular complexity index is 865. The second-order valence-corrected chi connectivity index (χ2v) is 11.1. The van der Waals surface area contributed by atoms with Crippen LogP contribution in [-0.4, -0.2) is 52.1 Å². The van der Waals surface area contributed by atoms with E-state index in [1.165, 1.54) is 12.1 Å². The Morgan fingerprint density at radius 1 is 1.00 bits per heavy atom. The third-order valence-corrected chi connectivity index (χ3v) is 6.11. The lowest BCUT2D eigenvalue weighted by Gasteiger charge is -2.36. The van der Waals surface area contributed by atoms with Crippen LogP contribution in [0.15, 0.2) is 24.3 Å². The van der Waals surface area contributed by atoms with Gasteiger partial charge in [0.05, 0.1) is 0 Å². The summed E-state index contributed by atoms with van der Waals surface area (Å²) < 4.78 is 5.45. The van der Waals surface area contributed by atoms with Gasteiger partial charge in [0.2, 0.25) is 11.8 Å². The van der Waals surface area contributed by atoms with Gasteiger partial charge in [0.25, 0.3) is 0 Å². The number of hydrogen-bond acceptors (Lipinski definition) is 5. The Morgan fingerprint density at radius 3 is 2.19 bits per heavy atom. The lowest BCUT2D eigenvalue weighted by molar-refractivity contribution is -0.143. The van der Waals surface area contributed by atoms with E-state index >= 15 is 0 Å². The highest BCUT2D eigenvalue weighted by molar-refractivity contribution is 5.92. The van der Waals surface area contributed by atoms with Crippen molar-refractivity contribution in [3.8, 4) is 5.75 Å². The molecule has 0 radical (unpaired) electrons. The van der Waals surface area contributed by atoms with E-state index in [1.807, 2.05) is 27.7 Å². The summed E-state index contributed by atoms with van der Waals surface area (Å²) in [6.45, 7) is 15.4. The van der Waals surface area contributed by atoms with Crippen LogP contribution in [0.2, 0.25) is 0 Å². The molecule has 8 heteroatoms. The van der Waals surface area contributed by atoms with E-state index < -0.39 is 23.8 Å².